The molecule has 1 unspecified atom stereocenters. The minimum Gasteiger partial charge on any atom is -0.493 e. The fourth-order valence-corrected chi connectivity index (χ4v) is 3.58. The summed E-state index contributed by atoms with van der Waals surface area (Å²) in [7, 11) is 0. The van der Waals surface area contributed by atoms with Crippen LogP contribution >= 0.6 is 11.6 Å². The Bertz CT molecular complexity index is 759. The first-order chi connectivity index (χ1) is 13.1. The van der Waals surface area contributed by atoms with Crippen molar-refractivity contribution in [1.82, 2.24) is 10.2 Å². The van der Waals surface area contributed by atoms with Crippen LogP contribution in [0.2, 0.25) is 5.02 Å². The average molecular weight is 387 g/mol. The van der Waals surface area contributed by atoms with E-state index < -0.39 is 0 Å². The number of carbonyl (C=O) groups excluding carboxylic acids is 1. The van der Waals surface area contributed by atoms with Gasteiger partial charge in [0.15, 0.2) is 0 Å². The van der Waals surface area contributed by atoms with E-state index in [9.17, 15) is 4.79 Å². The molecule has 144 valence electrons. The van der Waals surface area contributed by atoms with Crippen molar-refractivity contribution in [2.75, 3.05) is 19.7 Å². The number of rotatable bonds is 8. The number of hydrogen-bond acceptors (Lipinski definition) is 3. The largest absolute Gasteiger partial charge is 0.493 e. The highest BCUT2D eigenvalue weighted by molar-refractivity contribution is 6.30. The maximum Gasteiger partial charge on any atom is 0.226 e. The normalized spacial score (nSPS) is 16.3. The second-order valence-electron chi connectivity index (χ2n) is 7.05. The Morgan fingerprint density at radius 2 is 2.11 bits per heavy atom. The third-order valence-electron chi connectivity index (χ3n) is 4.96. The number of aryl methyl sites for hydroxylation is 1. The second kappa shape index (κ2) is 9.77. The summed E-state index contributed by atoms with van der Waals surface area (Å²) in [4.78, 5) is 14.9. The third-order valence-corrected chi connectivity index (χ3v) is 5.19. The predicted octanol–water partition coefficient (Wildman–Crippen LogP) is 4.20. The van der Waals surface area contributed by atoms with Crippen LogP contribution in [-0.2, 0) is 11.3 Å². The van der Waals surface area contributed by atoms with Crippen LogP contribution in [0.3, 0.4) is 0 Å². The summed E-state index contributed by atoms with van der Waals surface area (Å²) < 4.78 is 5.70. The summed E-state index contributed by atoms with van der Waals surface area (Å²) >= 11 is 5.97. The summed E-state index contributed by atoms with van der Waals surface area (Å²) in [5.74, 6) is 0.812. The molecule has 1 aliphatic heterocycles. The highest BCUT2D eigenvalue weighted by atomic mass is 35.5. The van der Waals surface area contributed by atoms with Gasteiger partial charge in [0.25, 0.3) is 0 Å². The first kappa shape index (κ1) is 19.7. The van der Waals surface area contributed by atoms with E-state index in [-0.39, 0.29) is 5.91 Å². The summed E-state index contributed by atoms with van der Waals surface area (Å²) in [6.07, 6.45) is 2.65. The molecule has 5 heteroatoms. The third kappa shape index (κ3) is 5.98. The predicted molar refractivity (Wildman–Crippen MR) is 109 cm³/mol. The molecule has 0 saturated carbocycles. The number of ether oxygens (including phenoxy) is 1. The summed E-state index contributed by atoms with van der Waals surface area (Å²) in [5.41, 5.74) is 2.41. The number of nitrogens with one attached hydrogen (secondary N) is 1. The van der Waals surface area contributed by atoms with Crippen LogP contribution in [0.1, 0.15) is 30.4 Å². The molecule has 1 amide bonds. The van der Waals surface area contributed by atoms with Gasteiger partial charge in [0, 0.05) is 24.2 Å². The monoisotopic (exact) mass is 386 g/mol. The molecule has 3 rings (SSSR count). The number of carbonyl (C=O) groups is 1. The van der Waals surface area contributed by atoms with Crippen LogP contribution in [0.15, 0.2) is 48.5 Å². The Morgan fingerprint density at radius 3 is 2.85 bits per heavy atom. The van der Waals surface area contributed by atoms with E-state index in [2.05, 4.69) is 24.4 Å². The molecule has 2 aromatic rings. The number of benzene rings is 2. The maximum atomic E-state index is 12.9. The van der Waals surface area contributed by atoms with E-state index in [1.165, 1.54) is 17.5 Å². The number of hydrogen-bond donors (Lipinski definition) is 1. The van der Waals surface area contributed by atoms with Crippen molar-refractivity contribution in [2.24, 2.45) is 0 Å². The first-order valence-electron chi connectivity index (χ1n) is 9.56. The molecule has 1 N–H and O–H groups in total. The average Bonchev–Trinajstić information content (AvgIpc) is 3.16. The Hall–Kier alpha value is -2.04. The fourth-order valence-electron chi connectivity index (χ4n) is 3.40. The van der Waals surface area contributed by atoms with E-state index in [1.54, 1.807) is 12.1 Å². The van der Waals surface area contributed by atoms with Crippen LogP contribution in [0.4, 0.5) is 0 Å². The Labute approximate surface area is 166 Å². The van der Waals surface area contributed by atoms with Gasteiger partial charge in [0.2, 0.25) is 5.91 Å². The van der Waals surface area contributed by atoms with Gasteiger partial charge in [-0.3, -0.25) is 4.79 Å². The lowest BCUT2D eigenvalue weighted by Crippen LogP contribution is -2.41. The van der Waals surface area contributed by atoms with Gasteiger partial charge in [0.05, 0.1) is 13.0 Å². The molecule has 2 aromatic carbocycles. The smallest absolute Gasteiger partial charge is 0.226 e. The van der Waals surface area contributed by atoms with Gasteiger partial charge in [-0.05, 0) is 55.6 Å². The van der Waals surface area contributed by atoms with Crippen LogP contribution in [0.5, 0.6) is 5.75 Å². The lowest BCUT2D eigenvalue weighted by molar-refractivity contribution is -0.132. The SMILES string of the molecule is Cc1ccccc1CN(CC1CCCN1)C(=O)CCOc1cccc(Cl)c1. The summed E-state index contributed by atoms with van der Waals surface area (Å²) in [6, 6.07) is 15.9. The molecule has 1 fully saturated rings. The molecule has 1 heterocycles. The Balaban J connectivity index is 1.60. The van der Waals surface area contributed by atoms with Gasteiger partial charge in [-0.15, -0.1) is 0 Å². The summed E-state index contributed by atoms with van der Waals surface area (Å²) in [5, 5.41) is 4.12. The maximum absolute atomic E-state index is 12.9. The van der Waals surface area contributed by atoms with Gasteiger partial charge in [-0.25, -0.2) is 0 Å². The highest BCUT2D eigenvalue weighted by Gasteiger charge is 2.22. The molecule has 1 saturated heterocycles. The van der Waals surface area contributed by atoms with Crippen molar-refractivity contribution in [3.8, 4) is 5.75 Å². The molecule has 1 atom stereocenters. The van der Waals surface area contributed by atoms with Crippen LogP contribution < -0.4 is 10.1 Å². The minimum atomic E-state index is 0.119. The zero-order valence-corrected chi connectivity index (χ0v) is 16.5. The van der Waals surface area contributed by atoms with Crippen molar-refractivity contribution >= 4 is 17.5 Å². The van der Waals surface area contributed by atoms with Crippen LogP contribution in [0.25, 0.3) is 0 Å². The number of amides is 1. The Kier molecular flexibility index (Phi) is 7.13. The van der Waals surface area contributed by atoms with Crippen LogP contribution in [-0.4, -0.2) is 36.5 Å². The van der Waals surface area contributed by atoms with Gasteiger partial charge in [-0.1, -0.05) is 41.9 Å². The molecule has 4 nitrogen and oxygen atoms in total. The lowest BCUT2D eigenvalue weighted by atomic mass is 10.1. The molecule has 0 aliphatic carbocycles. The van der Waals surface area contributed by atoms with Crippen molar-refractivity contribution < 1.29 is 9.53 Å². The van der Waals surface area contributed by atoms with Crippen molar-refractivity contribution in [1.29, 1.82) is 0 Å². The fraction of sp³-hybridized carbons (Fsp3) is 0.409. The zero-order chi connectivity index (χ0) is 19.1. The van der Waals surface area contributed by atoms with E-state index in [4.69, 9.17) is 16.3 Å². The highest BCUT2D eigenvalue weighted by Crippen LogP contribution is 2.18. The first-order valence-corrected chi connectivity index (χ1v) is 9.93. The second-order valence-corrected chi connectivity index (χ2v) is 7.49. The molecule has 27 heavy (non-hydrogen) atoms. The summed E-state index contributed by atoms with van der Waals surface area (Å²) in [6.45, 7) is 4.86. The number of nitrogens with zero attached hydrogens (tertiary/aromatic N) is 1. The molecule has 0 spiro atoms. The van der Waals surface area contributed by atoms with E-state index in [0.717, 1.165) is 19.5 Å². The van der Waals surface area contributed by atoms with Gasteiger partial charge in [-0.2, -0.15) is 0 Å². The molecule has 0 radical (unpaired) electrons. The Morgan fingerprint density at radius 1 is 1.26 bits per heavy atom. The van der Waals surface area contributed by atoms with Gasteiger partial charge in [0.1, 0.15) is 5.75 Å². The molecular weight excluding hydrogens is 360 g/mol. The van der Waals surface area contributed by atoms with Gasteiger partial charge >= 0.3 is 0 Å². The molecular formula is C22H27ClN2O2. The topological polar surface area (TPSA) is 41.6 Å². The van der Waals surface area contributed by atoms with Gasteiger partial charge < -0.3 is 15.0 Å². The molecule has 0 bridgehead atoms. The number of halogens is 1. The van der Waals surface area contributed by atoms with E-state index >= 15 is 0 Å². The minimum absolute atomic E-state index is 0.119. The van der Waals surface area contributed by atoms with Crippen molar-refractivity contribution in [3.05, 3.63) is 64.7 Å². The quantitative estimate of drug-likeness (QED) is 0.739. The van der Waals surface area contributed by atoms with Crippen LogP contribution in [0, 0.1) is 6.92 Å². The van der Waals surface area contributed by atoms with Crippen molar-refractivity contribution in [2.45, 2.75) is 38.8 Å². The lowest BCUT2D eigenvalue weighted by Gasteiger charge is -2.27. The van der Waals surface area contributed by atoms with E-state index in [1.807, 2.05) is 29.2 Å². The molecule has 0 aromatic heterocycles. The van der Waals surface area contributed by atoms with Crippen molar-refractivity contribution in [3.63, 3.8) is 0 Å². The standard InChI is InChI=1S/C22H27ClN2O2/c1-17-6-2-3-7-18(17)15-25(16-20-9-5-12-24-20)22(26)11-13-27-21-10-4-8-19(23)14-21/h2-4,6-8,10,14,20,24H,5,9,11-13,15-16H2,1H3. The zero-order valence-electron chi connectivity index (χ0n) is 15.8. The van der Waals surface area contributed by atoms with E-state index in [0.29, 0.717) is 36.4 Å². The molecule has 1 aliphatic rings.